The van der Waals surface area contributed by atoms with Crippen molar-refractivity contribution in [3.8, 4) is 0 Å². The average molecular weight is 469 g/mol. The van der Waals surface area contributed by atoms with Gasteiger partial charge in [-0.3, -0.25) is 0 Å². The summed E-state index contributed by atoms with van der Waals surface area (Å²) in [6.45, 7) is 4.67. The van der Waals surface area contributed by atoms with Gasteiger partial charge in [-0.1, -0.05) is 65.7 Å². The largest absolute Gasteiger partial charge is 0.385 e. The molecule has 0 aliphatic carbocycles. The van der Waals surface area contributed by atoms with Gasteiger partial charge in [0.25, 0.3) is 0 Å². The summed E-state index contributed by atoms with van der Waals surface area (Å²) in [5.74, 6) is 0. The molecule has 3 nitrogen and oxygen atoms in total. The molecule has 5 heteroatoms. The zero-order chi connectivity index (χ0) is 22.4. The maximum Gasteiger partial charge on any atom is 0.0920 e. The van der Waals surface area contributed by atoms with Crippen molar-refractivity contribution in [1.29, 1.82) is 0 Å². The second kappa shape index (κ2) is 10.7. The predicted octanol–water partition coefficient (Wildman–Crippen LogP) is 6.37. The van der Waals surface area contributed by atoms with Crippen LogP contribution in [-0.4, -0.2) is 36.2 Å². The fraction of sp³-hybridized carbons (Fsp3) is 0.333. The van der Waals surface area contributed by atoms with Gasteiger partial charge in [0.15, 0.2) is 0 Å². The van der Waals surface area contributed by atoms with E-state index in [2.05, 4.69) is 52.3 Å². The van der Waals surface area contributed by atoms with Crippen LogP contribution in [0.5, 0.6) is 0 Å². The number of rotatable bonds is 8. The molecule has 1 saturated heterocycles. The van der Waals surface area contributed by atoms with Crippen molar-refractivity contribution in [3.63, 3.8) is 0 Å². The highest BCUT2D eigenvalue weighted by atomic mass is 35.5. The van der Waals surface area contributed by atoms with Gasteiger partial charge in [-0.15, -0.1) is 0 Å². The second-order valence-corrected chi connectivity index (χ2v) is 9.49. The van der Waals surface area contributed by atoms with Crippen molar-refractivity contribution in [2.24, 2.45) is 0 Å². The molecule has 0 amide bonds. The van der Waals surface area contributed by atoms with Crippen molar-refractivity contribution in [3.05, 3.63) is 100 Å². The van der Waals surface area contributed by atoms with Gasteiger partial charge in [0.05, 0.1) is 5.60 Å². The number of hydrogen-bond acceptors (Lipinski definition) is 3. The molecule has 0 atom stereocenters. The van der Waals surface area contributed by atoms with Crippen LogP contribution in [0.1, 0.15) is 30.4 Å². The van der Waals surface area contributed by atoms with E-state index < -0.39 is 5.60 Å². The Bertz CT molecular complexity index is 969. The second-order valence-electron chi connectivity index (χ2n) is 8.62. The molecule has 32 heavy (non-hydrogen) atoms. The summed E-state index contributed by atoms with van der Waals surface area (Å²) >= 11 is 12.1. The monoisotopic (exact) mass is 468 g/mol. The Balaban J connectivity index is 1.32. The van der Waals surface area contributed by atoms with E-state index in [0.29, 0.717) is 5.02 Å². The summed E-state index contributed by atoms with van der Waals surface area (Å²) in [6, 6.07) is 26.3. The minimum Gasteiger partial charge on any atom is -0.385 e. The summed E-state index contributed by atoms with van der Waals surface area (Å²) in [6.07, 6.45) is 2.56. The molecule has 1 fully saturated rings. The number of halogens is 2. The Kier molecular flexibility index (Phi) is 7.75. The number of benzene rings is 3. The topological polar surface area (TPSA) is 26.7 Å². The molecule has 0 radical (unpaired) electrons. The Hall–Kier alpha value is -2.04. The molecule has 1 N–H and O–H groups in total. The Morgan fingerprint density at radius 2 is 1.41 bits per heavy atom. The van der Waals surface area contributed by atoms with E-state index in [1.165, 1.54) is 11.3 Å². The van der Waals surface area contributed by atoms with Crippen molar-refractivity contribution < 1.29 is 5.11 Å². The third-order valence-electron chi connectivity index (χ3n) is 6.38. The lowest BCUT2D eigenvalue weighted by atomic mass is 9.84. The number of aliphatic hydroxyl groups is 1. The van der Waals surface area contributed by atoms with Crippen LogP contribution in [0.3, 0.4) is 0 Å². The standard InChI is InChI=1S/C27H30Cl2N2O/c28-24-9-7-23(8-10-24)27(32)15-19-30(20-16-27)17-4-18-31(21-22-5-2-1-3-6-22)26-13-11-25(29)12-14-26/h1-3,5-14,32H,4,15-21H2. The predicted molar refractivity (Wildman–Crippen MR) is 135 cm³/mol. The minimum atomic E-state index is -0.746. The van der Waals surface area contributed by atoms with Crippen molar-refractivity contribution in [2.45, 2.75) is 31.4 Å². The minimum absolute atomic E-state index is 0.704. The molecule has 0 bridgehead atoms. The van der Waals surface area contributed by atoms with Gasteiger partial charge in [-0.2, -0.15) is 0 Å². The summed E-state index contributed by atoms with van der Waals surface area (Å²) in [4.78, 5) is 4.88. The quantitative estimate of drug-likeness (QED) is 0.415. The lowest BCUT2D eigenvalue weighted by molar-refractivity contribution is -0.0259. The SMILES string of the molecule is OC1(c2ccc(Cl)cc2)CCN(CCCN(Cc2ccccc2)c2ccc(Cl)cc2)CC1. The van der Waals surface area contributed by atoms with Crippen molar-refractivity contribution in [1.82, 2.24) is 4.90 Å². The van der Waals surface area contributed by atoms with Crippen LogP contribution in [0.2, 0.25) is 10.0 Å². The molecule has 0 aromatic heterocycles. The van der Waals surface area contributed by atoms with Crippen LogP contribution in [-0.2, 0) is 12.1 Å². The average Bonchev–Trinajstić information content (AvgIpc) is 2.81. The number of nitrogens with zero attached hydrogens (tertiary/aromatic N) is 2. The fourth-order valence-electron chi connectivity index (χ4n) is 4.44. The summed E-state index contributed by atoms with van der Waals surface area (Å²) in [5, 5.41) is 12.6. The van der Waals surface area contributed by atoms with Gasteiger partial charge in [-0.25, -0.2) is 0 Å². The molecule has 1 aliphatic rings. The van der Waals surface area contributed by atoms with E-state index in [4.69, 9.17) is 23.2 Å². The van der Waals surface area contributed by atoms with E-state index in [0.717, 1.165) is 62.6 Å². The Morgan fingerprint density at radius 3 is 2.03 bits per heavy atom. The molecule has 0 spiro atoms. The van der Waals surface area contributed by atoms with Gasteiger partial charge in [0.2, 0.25) is 0 Å². The van der Waals surface area contributed by atoms with Crippen LogP contribution < -0.4 is 4.90 Å². The Morgan fingerprint density at radius 1 is 0.812 bits per heavy atom. The molecule has 3 aromatic rings. The maximum absolute atomic E-state index is 11.1. The van der Waals surface area contributed by atoms with Crippen LogP contribution >= 0.6 is 23.2 Å². The summed E-state index contributed by atoms with van der Waals surface area (Å²) < 4.78 is 0. The molecule has 3 aromatic carbocycles. The highest BCUT2D eigenvalue weighted by molar-refractivity contribution is 6.30. The third-order valence-corrected chi connectivity index (χ3v) is 6.88. The van der Waals surface area contributed by atoms with E-state index in [1.54, 1.807) is 0 Å². The van der Waals surface area contributed by atoms with Gasteiger partial charge in [0, 0.05) is 41.9 Å². The number of hydrogen-bond donors (Lipinski definition) is 1. The van der Waals surface area contributed by atoms with Gasteiger partial charge >= 0.3 is 0 Å². The lowest BCUT2D eigenvalue weighted by Crippen LogP contribution is -2.43. The van der Waals surface area contributed by atoms with E-state index in [-0.39, 0.29) is 0 Å². The van der Waals surface area contributed by atoms with Crippen molar-refractivity contribution in [2.75, 3.05) is 31.1 Å². The zero-order valence-corrected chi connectivity index (χ0v) is 19.8. The van der Waals surface area contributed by atoms with Crippen LogP contribution in [0.25, 0.3) is 0 Å². The first-order valence-electron chi connectivity index (χ1n) is 11.3. The lowest BCUT2D eigenvalue weighted by Gasteiger charge is -2.39. The molecule has 168 valence electrons. The molecule has 4 rings (SSSR count). The third kappa shape index (κ3) is 6.05. The number of likely N-dealkylation sites (tertiary alicyclic amines) is 1. The first kappa shape index (κ1) is 23.1. The van der Waals surface area contributed by atoms with Crippen LogP contribution in [0.15, 0.2) is 78.9 Å². The van der Waals surface area contributed by atoms with Crippen LogP contribution in [0, 0.1) is 0 Å². The maximum atomic E-state index is 11.1. The molecule has 0 unspecified atom stereocenters. The smallest absolute Gasteiger partial charge is 0.0920 e. The van der Waals surface area contributed by atoms with Gasteiger partial charge in [-0.05, 0) is 73.3 Å². The first-order valence-corrected chi connectivity index (χ1v) is 12.0. The first-order chi connectivity index (χ1) is 15.5. The highest BCUT2D eigenvalue weighted by Gasteiger charge is 2.33. The highest BCUT2D eigenvalue weighted by Crippen LogP contribution is 2.33. The zero-order valence-electron chi connectivity index (χ0n) is 18.3. The molecular weight excluding hydrogens is 439 g/mol. The van der Waals surface area contributed by atoms with Gasteiger partial charge in [0.1, 0.15) is 0 Å². The normalized spacial score (nSPS) is 16.1. The van der Waals surface area contributed by atoms with E-state index in [1.807, 2.05) is 36.4 Å². The van der Waals surface area contributed by atoms with E-state index in [9.17, 15) is 5.11 Å². The van der Waals surface area contributed by atoms with Gasteiger partial charge < -0.3 is 14.9 Å². The summed E-state index contributed by atoms with van der Waals surface area (Å²) in [5.41, 5.74) is 2.71. The van der Waals surface area contributed by atoms with E-state index >= 15 is 0 Å². The number of piperidine rings is 1. The Labute approximate surface area is 201 Å². The summed E-state index contributed by atoms with van der Waals surface area (Å²) in [7, 11) is 0. The molecule has 1 heterocycles. The molecule has 0 saturated carbocycles. The van der Waals surface area contributed by atoms with Crippen molar-refractivity contribution >= 4 is 28.9 Å². The van der Waals surface area contributed by atoms with Crippen LogP contribution in [0.4, 0.5) is 5.69 Å². The molecule has 1 aliphatic heterocycles. The number of anilines is 1. The molecular formula is C27H30Cl2N2O. The fourth-order valence-corrected chi connectivity index (χ4v) is 4.69.